The lowest BCUT2D eigenvalue weighted by Crippen LogP contribution is -2.45. The average Bonchev–Trinajstić information content (AvgIpc) is 2.79. The number of hydrogen-bond donors (Lipinski definition) is 2. The highest BCUT2D eigenvalue weighted by molar-refractivity contribution is 6.01. The maximum atomic E-state index is 13.7. The predicted molar refractivity (Wildman–Crippen MR) is 131 cm³/mol. The maximum absolute atomic E-state index is 13.7. The summed E-state index contributed by atoms with van der Waals surface area (Å²) in [5.74, 6) is -0.565. The summed E-state index contributed by atoms with van der Waals surface area (Å²) in [4.78, 5) is 13.7. The summed E-state index contributed by atoms with van der Waals surface area (Å²) in [6.07, 6.45) is 1.61. The van der Waals surface area contributed by atoms with Crippen LogP contribution in [-0.2, 0) is 10.4 Å². The van der Waals surface area contributed by atoms with Gasteiger partial charge in [0, 0.05) is 11.1 Å². The van der Waals surface area contributed by atoms with Gasteiger partial charge in [0.05, 0.1) is 5.71 Å². The minimum Gasteiger partial charge on any atom is -0.372 e. The van der Waals surface area contributed by atoms with Crippen molar-refractivity contribution in [1.82, 2.24) is 5.43 Å². The van der Waals surface area contributed by atoms with E-state index in [2.05, 4.69) is 17.5 Å². The molecule has 0 aliphatic rings. The Labute approximate surface area is 191 Å². The number of amides is 1. The first-order valence-electron chi connectivity index (χ1n) is 11.1. The first-order chi connectivity index (χ1) is 15.3. The van der Waals surface area contributed by atoms with Gasteiger partial charge in [-0.25, -0.2) is 5.43 Å². The molecule has 0 heterocycles. The number of aliphatic hydroxyl groups is 1. The van der Waals surface area contributed by atoms with Crippen molar-refractivity contribution in [3.8, 4) is 0 Å². The van der Waals surface area contributed by atoms with Crippen molar-refractivity contribution >= 4 is 11.6 Å². The molecule has 0 aromatic heterocycles. The van der Waals surface area contributed by atoms with E-state index in [1.54, 1.807) is 0 Å². The minimum atomic E-state index is -1.87. The second-order valence-electron chi connectivity index (χ2n) is 8.46. The van der Waals surface area contributed by atoms with E-state index >= 15 is 0 Å². The summed E-state index contributed by atoms with van der Waals surface area (Å²) < 4.78 is 0. The molecule has 166 valence electrons. The molecule has 0 fully saturated rings. The van der Waals surface area contributed by atoms with Crippen LogP contribution in [0.2, 0.25) is 0 Å². The molecular formula is C28H32N2O2. The van der Waals surface area contributed by atoms with Gasteiger partial charge < -0.3 is 5.11 Å². The molecule has 0 unspecified atom stereocenters. The Morgan fingerprint density at radius 1 is 0.875 bits per heavy atom. The number of nitrogens with zero attached hydrogens (tertiary/aromatic N) is 1. The number of benzene rings is 3. The van der Waals surface area contributed by atoms with Crippen LogP contribution in [0.3, 0.4) is 0 Å². The van der Waals surface area contributed by atoms with E-state index in [1.807, 2.05) is 94.4 Å². The van der Waals surface area contributed by atoms with Gasteiger partial charge in [-0.05, 0) is 50.8 Å². The van der Waals surface area contributed by atoms with E-state index in [0.717, 1.165) is 46.4 Å². The fourth-order valence-corrected chi connectivity index (χ4v) is 3.97. The molecule has 0 aliphatic carbocycles. The topological polar surface area (TPSA) is 61.7 Å². The first kappa shape index (κ1) is 23.4. The Morgan fingerprint density at radius 3 is 1.91 bits per heavy atom. The second kappa shape index (κ2) is 9.92. The van der Waals surface area contributed by atoms with Crippen LogP contribution in [0.5, 0.6) is 0 Å². The van der Waals surface area contributed by atoms with E-state index in [-0.39, 0.29) is 0 Å². The fraction of sp³-hybridized carbons (Fsp3) is 0.286. The molecule has 3 aromatic carbocycles. The molecular weight excluding hydrogens is 396 g/mol. The van der Waals surface area contributed by atoms with Crippen LogP contribution in [0.1, 0.15) is 58.7 Å². The zero-order valence-corrected chi connectivity index (χ0v) is 19.6. The Bertz CT molecular complexity index is 1080. The number of nitrogens with one attached hydrogen (secondary N) is 1. The third kappa shape index (κ3) is 4.81. The molecule has 32 heavy (non-hydrogen) atoms. The molecule has 3 aromatic rings. The van der Waals surface area contributed by atoms with E-state index in [4.69, 9.17) is 0 Å². The molecule has 2 N–H and O–H groups in total. The van der Waals surface area contributed by atoms with Crippen molar-refractivity contribution in [1.29, 1.82) is 0 Å². The summed E-state index contributed by atoms with van der Waals surface area (Å²) in [6, 6.07) is 21.4. The summed E-state index contributed by atoms with van der Waals surface area (Å²) in [7, 11) is 0. The third-order valence-corrected chi connectivity index (χ3v) is 5.78. The monoisotopic (exact) mass is 428 g/mol. The fourth-order valence-electron chi connectivity index (χ4n) is 3.97. The SMILES string of the molecule is CCCC(=NNC(=O)C(O)(c1cc(C)ccc1C)c1cc(C)ccc1C)c1ccccc1. The Hall–Kier alpha value is -3.24. The van der Waals surface area contributed by atoms with Crippen molar-refractivity contribution in [3.05, 3.63) is 106 Å². The van der Waals surface area contributed by atoms with Crippen molar-refractivity contribution in [3.63, 3.8) is 0 Å². The molecule has 0 atom stereocenters. The smallest absolute Gasteiger partial charge is 0.281 e. The van der Waals surface area contributed by atoms with E-state index in [1.165, 1.54) is 0 Å². The van der Waals surface area contributed by atoms with Gasteiger partial charge in [0.2, 0.25) is 0 Å². The van der Waals surface area contributed by atoms with Crippen LogP contribution >= 0.6 is 0 Å². The molecule has 0 radical (unpaired) electrons. The molecule has 0 saturated heterocycles. The molecule has 0 spiro atoms. The number of carbonyl (C=O) groups excluding carboxylic acids is 1. The highest BCUT2D eigenvalue weighted by atomic mass is 16.3. The van der Waals surface area contributed by atoms with E-state index in [9.17, 15) is 9.90 Å². The van der Waals surface area contributed by atoms with E-state index in [0.29, 0.717) is 11.1 Å². The van der Waals surface area contributed by atoms with Crippen molar-refractivity contribution < 1.29 is 9.90 Å². The minimum absolute atomic E-state index is 0.565. The van der Waals surface area contributed by atoms with Gasteiger partial charge in [-0.2, -0.15) is 5.10 Å². The highest BCUT2D eigenvalue weighted by Crippen LogP contribution is 2.35. The Balaban J connectivity index is 2.12. The number of carbonyl (C=O) groups is 1. The maximum Gasteiger partial charge on any atom is 0.281 e. The number of hydrazone groups is 1. The summed E-state index contributed by atoms with van der Waals surface area (Å²) >= 11 is 0. The van der Waals surface area contributed by atoms with Crippen LogP contribution in [0.15, 0.2) is 71.8 Å². The standard InChI is InChI=1S/C28H32N2O2/c1-6-10-26(23-11-8-7-9-12-23)29-30-27(31)28(32,24-17-19(2)13-15-21(24)4)25-18-20(3)14-16-22(25)5/h7-9,11-18,32H,6,10H2,1-5H3,(H,30,31). The molecule has 4 heteroatoms. The quantitative estimate of drug-likeness (QED) is 0.387. The Kier molecular flexibility index (Phi) is 7.26. The van der Waals surface area contributed by atoms with Crippen LogP contribution in [0, 0.1) is 27.7 Å². The van der Waals surface area contributed by atoms with Gasteiger partial charge in [0.15, 0.2) is 5.60 Å². The van der Waals surface area contributed by atoms with Crippen LogP contribution in [-0.4, -0.2) is 16.7 Å². The lowest BCUT2D eigenvalue weighted by molar-refractivity contribution is -0.136. The molecule has 3 rings (SSSR count). The normalized spacial score (nSPS) is 12.0. The summed E-state index contributed by atoms with van der Waals surface area (Å²) in [5, 5.41) is 16.5. The molecule has 0 aliphatic heterocycles. The van der Waals surface area contributed by atoms with Gasteiger partial charge in [-0.15, -0.1) is 0 Å². The number of aryl methyl sites for hydroxylation is 4. The molecule has 0 bridgehead atoms. The third-order valence-electron chi connectivity index (χ3n) is 5.78. The van der Waals surface area contributed by atoms with Crippen LogP contribution in [0.25, 0.3) is 0 Å². The largest absolute Gasteiger partial charge is 0.372 e. The molecule has 1 amide bonds. The zero-order chi connectivity index (χ0) is 23.3. The van der Waals surface area contributed by atoms with Gasteiger partial charge in [-0.1, -0.05) is 91.2 Å². The predicted octanol–water partition coefficient (Wildman–Crippen LogP) is 5.48. The van der Waals surface area contributed by atoms with Crippen LogP contribution in [0.4, 0.5) is 0 Å². The van der Waals surface area contributed by atoms with Gasteiger partial charge in [0.25, 0.3) is 5.91 Å². The van der Waals surface area contributed by atoms with Gasteiger partial charge in [-0.3, -0.25) is 4.79 Å². The number of hydrogen-bond acceptors (Lipinski definition) is 3. The van der Waals surface area contributed by atoms with Crippen molar-refractivity contribution in [2.75, 3.05) is 0 Å². The Morgan fingerprint density at radius 2 is 1.41 bits per heavy atom. The molecule has 4 nitrogen and oxygen atoms in total. The number of rotatable bonds is 7. The lowest BCUT2D eigenvalue weighted by Gasteiger charge is -2.30. The lowest BCUT2D eigenvalue weighted by atomic mass is 9.80. The van der Waals surface area contributed by atoms with Crippen molar-refractivity contribution in [2.24, 2.45) is 5.10 Å². The van der Waals surface area contributed by atoms with Crippen molar-refractivity contribution in [2.45, 2.75) is 53.1 Å². The van der Waals surface area contributed by atoms with Crippen LogP contribution < -0.4 is 5.43 Å². The van der Waals surface area contributed by atoms with Gasteiger partial charge in [0.1, 0.15) is 0 Å². The zero-order valence-electron chi connectivity index (χ0n) is 19.6. The first-order valence-corrected chi connectivity index (χ1v) is 11.1. The highest BCUT2D eigenvalue weighted by Gasteiger charge is 2.42. The average molecular weight is 429 g/mol. The van der Waals surface area contributed by atoms with E-state index < -0.39 is 11.5 Å². The summed E-state index contributed by atoms with van der Waals surface area (Å²) in [5.41, 5.74) is 7.33. The molecule has 0 saturated carbocycles. The summed E-state index contributed by atoms with van der Waals surface area (Å²) in [6.45, 7) is 9.80. The van der Waals surface area contributed by atoms with Gasteiger partial charge >= 0.3 is 0 Å². The second-order valence-corrected chi connectivity index (χ2v) is 8.46.